The molecule has 0 aliphatic carbocycles. The van der Waals surface area contributed by atoms with Crippen molar-refractivity contribution in [3.63, 3.8) is 0 Å². The zero-order valence-electron chi connectivity index (χ0n) is 13.3. The third kappa shape index (κ3) is 4.15. The van der Waals surface area contributed by atoms with E-state index in [2.05, 4.69) is 0 Å². The van der Waals surface area contributed by atoms with Gasteiger partial charge in [-0.3, -0.25) is 0 Å². The summed E-state index contributed by atoms with van der Waals surface area (Å²) in [5, 5.41) is 0. The van der Waals surface area contributed by atoms with Crippen LogP contribution in [0.1, 0.15) is 44.0 Å². The molecule has 118 valence electrons. The number of rotatable bonds is 2. The van der Waals surface area contributed by atoms with Crippen molar-refractivity contribution in [3.8, 4) is 0 Å². The molecule has 1 fully saturated rings. The SMILES string of the molecule is CC(C)(C)OC(=O)N1CCC(C(=O)c2ccbcc2F)CC1. The number of ketones is 1. The minimum absolute atomic E-state index is 0.137. The van der Waals surface area contributed by atoms with Crippen LogP contribution in [0.25, 0.3) is 0 Å². The van der Waals surface area contributed by atoms with E-state index in [1.165, 1.54) is 12.0 Å². The Balaban J connectivity index is 1.94. The van der Waals surface area contributed by atoms with Crippen molar-refractivity contribution in [2.75, 3.05) is 13.1 Å². The summed E-state index contributed by atoms with van der Waals surface area (Å²) in [5.41, 5.74) is -0.394. The van der Waals surface area contributed by atoms with Gasteiger partial charge < -0.3 is 0 Å². The van der Waals surface area contributed by atoms with E-state index in [1.54, 1.807) is 17.8 Å². The van der Waals surface area contributed by atoms with Gasteiger partial charge >= 0.3 is 130 Å². The van der Waals surface area contributed by atoms with E-state index in [4.69, 9.17) is 4.74 Å². The predicted octanol–water partition coefficient (Wildman–Crippen LogP) is 2.99. The van der Waals surface area contributed by atoms with Crippen molar-refractivity contribution < 1.29 is 18.7 Å². The second-order valence-electron chi connectivity index (χ2n) is 6.59. The first-order chi connectivity index (χ1) is 10.3. The quantitative estimate of drug-likeness (QED) is 0.789. The number of ether oxygens (including phenoxy) is 1. The summed E-state index contributed by atoms with van der Waals surface area (Å²) in [6, 6.07) is 1.51. The molecule has 1 aliphatic rings. The number of piperidine rings is 1. The first-order valence-corrected chi connectivity index (χ1v) is 7.54. The van der Waals surface area contributed by atoms with Gasteiger partial charge in [0.05, 0.1) is 0 Å². The maximum atomic E-state index is 13.7. The van der Waals surface area contributed by atoms with Crippen LogP contribution < -0.4 is 0 Å². The number of hydrogen-bond acceptors (Lipinski definition) is 3. The minimum atomic E-state index is -0.531. The van der Waals surface area contributed by atoms with Crippen LogP contribution in [0.3, 0.4) is 0 Å². The van der Waals surface area contributed by atoms with Crippen molar-refractivity contribution in [3.05, 3.63) is 29.4 Å². The zero-order chi connectivity index (χ0) is 16.3. The summed E-state index contributed by atoms with van der Waals surface area (Å²) in [5.74, 6) is 2.05. The molecule has 0 radical (unpaired) electrons. The van der Waals surface area contributed by atoms with E-state index in [1.807, 2.05) is 20.8 Å². The third-order valence-corrected chi connectivity index (χ3v) is 3.66. The Bertz CT molecular complexity index is 563. The number of hydrogen-bond donors (Lipinski definition) is 0. The second kappa shape index (κ2) is 6.59. The zero-order valence-corrected chi connectivity index (χ0v) is 13.3. The number of carbonyl (C=O) groups excluding carboxylic acids is 2. The number of nitrogens with zero attached hydrogens (tertiary/aromatic N) is 1. The molecule has 1 aliphatic heterocycles. The summed E-state index contributed by atoms with van der Waals surface area (Å²) in [4.78, 5) is 25.9. The van der Waals surface area contributed by atoms with E-state index in [9.17, 15) is 14.0 Å². The molecule has 4 nitrogen and oxygen atoms in total. The molecule has 6 heteroatoms. The van der Waals surface area contributed by atoms with Crippen molar-refractivity contribution in [2.24, 2.45) is 5.92 Å². The monoisotopic (exact) mass is 305 g/mol. The Labute approximate surface area is 130 Å². The van der Waals surface area contributed by atoms with E-state index >= 15 is 0 Å². The van der Waals surface area contributed by atoms with Crippen LogP contribution in [0.15, 0.2) is 18.0 Å². The van der Waals surface area contributed by atoms with E-state index < -0.39 is 11.4 Å². The molecule has 22 heavy (non-hydrogen) atoms. The van der Waals surface area contributed by atoms with Gasteiger partial charge in [0.1, 0.15) is 0 Å². The molecule has 1 amide bonds. The van der Waals surface area contributed by atoms with Gasteiger partial charge in [-0.1, -0.05) is 0 Å². The van der Waals surface area contributed by atoms with E-state index in [0.717, 1.165) is 0 Å². The Morgan fingerprint density at radius 3 is 2.50 bits per heavy atom. The van der Waals surface area contributed by atoms with Crippen LogP contribution >= 0.6 is 0 Å². The van der Waals surface area contributed by atoms with Crippen LogP contribution in [-0.2, 0) is 4.74 Å². The number of likely N-dealkylation sites (tertiary alicyclic amines) is 1. The molecule has 0 unspecified atom stereocenters. The topological polar surface area (TPSA) is 46.6 Å². The van der Waals surface area contributed by atoms with Gasteiger partial charge in [-0.25, -0.2) is 0 Å². The van der Waals surface area contributed by atoms with Gasteiger partial charge in [0.2, 0.25) is 0 Å². The molecule has 0 N–H and O–H groups in total. The van der Waals surface area contributed by atoms with Gasteiger partial charge in [-0.05, 0) is 0 Å². The van der Waals surface area contributed by atoms with Crippen LogP contribution in [0.2, 0.25) is 0 Å². The molecule has 1 saturated heterocycles. The van der Waals surface area contributed by atoms with E-state index in [-0.39, 0.29) is 23.4 Å². The second-order valence-corrected chi connectivity index (χ2v) is 6.59. The first kappa shape index (κ1) is 16.7. The standard InChI is InChI=1S/C16H21BFNO3/c1-16(2,3)22-15(21)19-8-5-11(6-9-19)14(20)12-4-7-17-10-13(12)18/h4,7,10-11H,5-6,8-9H2,1-3H3. The van der Waals surface area contributed by atoms with Crippen molar-refractivity contribution in [2.45, 2.75) is 39.2 Å². The first-order valence-electron chi connectivity index (χ1n) is 7.54. The van der Waals surface area contributed by atoms with Crippen LogP contribution in [-0.4, -0.2) is 42.4 Å². The molecular formula is C16H21BFNO3. The number of halogens is 1. The molecular weight excluding hydrogens is 284 g/mol. The average molecular weight is 305 g/mol. The van der Waals surface area contributed by atoms with Gasteiger partial charge in [-0.2, -0.15) is 0 Å². The molecule has 2 heterocycles. The number of carbonyl (C=O) groups is 2. The molecule has 1 aromatic heterocycles. The Hall–Kier alpha value is -1.72. The fourth-order valence-corrected chi connectivity index (χ4v) is 2.53. The van der Waals surface area contributed by atoms with E-state index in [0.29, 0.717) is 25.9 Å². The summed E-state index contributed by atoms with van der Waals surface area (Å²) >= 11 is 0. The van der Waals surface area contributed by atoms with Crippen molar-refractivity contribution >= 4 is 18.8 Å². The fourth-order valence-electron chi connectivity index (χ4n) is 2.53. The van der Waals surface area contributed by atoms with Gasteiger partial charge in [0, 0.05) is 0 Å². The number of amides is 1. The molecule has 1 aromatic rings. The maximum absolute atomic E-state index is 13.7. The number of Topliss-reactive ketones (excluding diaryl/α,β-unsaturated/α-hetero) is 1. The molecule has 0 saturated carbocycles. The molecule has 0 atom stereocenters. The third-order valence-electron chi connectivity index (χ3n) is 3.66. The normalized spacial score (nSPS) is 16.3. The Kier molecular flexibility index (Phi) is 4.99. The summed E-state index contributed by atoms with van der Waals surface area (Å²) < 4.78 is 19.0. The van der Waals surface area contributed by atoms with Crippen LogP contribution in [0.4, 0.5) is 9.18 Å². The van der Waals surface area contributed by atoms with Gasteiger partial charge in [0.25, 0.3) is 0 Å². The molecule has 0 bridgehead atoms. The Morgan fingerprint density at radius 1 is 1.32 bits per heavy atom. The van der Waals surface area contributed by atoms with Crippen LogP contribution in [0, 0.1) is 11.7 Å². The summed E-state index contributed by atoms with van der Waals surface area (Å²) in [6.45, 7) is 7.94. The predicted molar refractivity (Wildman–Crippen MR) is 82.6 cm³/mol. The summed E-state index contributed by atoms with van der Waals surface area (Å²) in [6.07, 6.45) is 0.711. The fraction of sp³-hybridized carbons (Fsp3) is 0.562. The van der Waals surface area contributed by atoms with Gasteiger partial charge in [0.15, 0.2) is 0 Å². The average Bonchev–Trinajstić information content (AvgIpc) is 2.45. The summed E-state index contributed by atoms with van der Waals surface area (Å²) in [7, 11) is 0. The van der Waals surface area contributed by atoms with Crippen LogP contribution in [0.5, 0.6) is 0 Å². The molecule has 0 aromatic carbocycles. The molecule has 2 rings (SSSR count). The Morgan fingerprint density at radius 2 is 1.95 bits per heavy atom. The van der Waals surface area contributed by atoms with Crippen molar-refractivity contribution in [1.82, 2.24) is 4.90 Å². The van der Waals surface area contributed by atoms with Gasteiger partial charge in [-0.15, -0.1) is 0 Å². The molecule has 0 spiro atoms. The van der Waals surface area contributed by atoms with Crippen molar-refractivity contribution in [1.29, 1.82) is 0 Å².